The molecule has 0 radical (unpaired) electrons. The zero-order valence-electron chi connectivity index (χ0n) is 10.9. The first kappa shape index (κ1) is 13.7. The second-order valence-corrected chi connectivity index (χ2v) is 5.25. The fourth-order valence-electron chi connectivity index (χ4n) is 2.72. The van der Waals surface area contributed by atoms with Crippen molar-refractivity contribution in [3.05, 3.63) is 28.8 Å². The molecule has 0 bridgehead atoms. The third-order valence-corrected chi connectivity index (χ3v) is 4.30. The standard InChI is InChI=1S/C14H20ClNO2/c1-3-10(7-16)14(8-18-9-14)11-4-5-13(17-2)12(15)6-11/h4-6,10H,3,7-9,16H2,1-2H3. The molecule has 2 N–H and O–H groups in total. The molecule has 2 rings (SSSR count). The topological polar surface area (TPSA) is 44.5 Å². The van der Waals surface area contributed by atoms with Crippen molar-refractivity contribution in [2.45, 2.75) is 18.8 Å². The molecule has 1 fully saturated rings. The Morgan fingerprint density at radius 3 is 2.61 bits per heavy atom. The SMILES string of the molecule is CCC(CN)C1(c2ccc(OC)c(Cl)c2)COC1. The van der Waals surface area contributed by atoms with Gasteiger partial charge in [-0.2, -0.15) is 0 Å². The van der Waals surface area contributed by atoms with E-state index in [1.54, 1.807) is 7.11 Å². The number of hydrogen-bond acceptors (Lipinski definition) is 3. The Bertz CT molecular complexity index is 414. The molecule has 0 spiro atoms. The molecule has 1 heterocycles. The molecular weight excluding hydrogens is 250 g/mol. The lowest BCUT2D eigenvalue weighted by atomic mass is 9.67. The van der Waals surface area contributed by atoms with Gasteiger partial charge in [-0.1, -0.05) is 31.0 Å². The molecule has 18 heavy (non-hydrogen) atoms. The fraction of sp³-hybridized carbons (Fsp3) is 0.571. The summed E-state index contributed by atoms with van der Waals surface area (Å²) in [4.78, 5) is 0. The molecule has 4 heteroatoms. The van der Waals surface area contributed by atoms with E-state index in [1.165, 1.54) is 5.56 Å². The van der Waals surface area contributed by atoms with Crippen molar-refractivity contribution in [2.24, 2.45) is 11.7 Å². The molecule has 0 amide bonds. The van der Waals surface area contributed by atoms with E-state index >= 15 is 0 Å². The van der Waals surface area contributed by atoms with Crippen LogP contribution in [-0.2, 0) is 10.2 Å². The predicted octanol–water partition coefficient (Wildman–Crippen LogP) is 2.60. The normalized spacial score (nSPS) is 19.1. The van der Waals surface area contributed by atoms with Crippen molar-refractivity contribution < 1.29 is 9.47 Å². The molecule has 1 aromatic rings. The number of ether oxygens (including phenoxy) is 2. The summed E-state index contributed by atoms with van der Waals surface area (Å²) in [6.45, 7) is 4.29. The molecule has 1 atom stereocenters. The van der Waals surface area contributed by atoms with Crippen LogP contribution < -0.4 is 10.5 Å². The van der Waals surface area contributed by atoms with Crippen molar-refractivity contribution in [3.8, 4) is 5.75 Å². The maximum atomic E-state index is 6.21. The maximum absolute atomic E-state index is 6.21. The van der Waals surface area contributed by atoms with Gasteiger partial charge in [0.15, 0.2) is 0 Å². The van der Waals surface area contributed by atoms with Crippen molar-refractivity contribution >= 4 is 11.6 Å². The lowest BCUT2D eigenvalue weighted by Gasteiger charge is -2.47. The third kappa shape index (κ3) is 2.11. The summed E-state index contributed by atoms with van der Waals surface area (Å²) in [5.41, 5.74) is 7.13. The highest BCUT2D eigenvalue weighted by Crippen LogP contribution is 2.42. The summed E-state index contributed by atoms with van der Waals surface area (Å²) >= 11 is 6.21. The Kier molecular flexibility index (Phi) is 4.15. The summed E-state index contributed by atoms with van der Waals surface area (Å²) in [6, 6.07) is 5.98. The van der Waals surface area contributed by atoms with Crippen molar-refractivity contribution in [3.63, 3.8) is 0 Å². The molecular formula is C14H20ClNO2. The Balaban J connectivity index is 2.35. The second-order valence-electron chi connectivity index (χ2n) is 4.84. The van der Waals surface area contributed by atoms with E-state index in [2.05, 4.69) is 13.0 Å². The number of halogens is 1. The van der Waals surface area contributed by atoms with Crippen LogP contribution in [0, 0.1) is 5.92 Å². The highest BCUT2D eigenvalue weighted by Gasteiger charge is 2.45. The van der Waals surface area contributed by atoms with Gasteiger partial charge < -0.3 is 15.2 Å². The van der Waals surface area contributed by atoms with Gasteiger partial charge in [-0.05, 0) is 30.2 Å². The monoisotopic (exact) mass is 269 g/mol. The molecule has 0 aliphatic carbocycles. The van der Waals surface area contributed by atoms with Crippen molar-refractivity contribution in [2.75, 3.05) is 26.9 Å². The van der Waals surface area contributed by atoms with E-state index in [0.29, 0.717) is 23.2 Å². The van der Waals surface area contributed by atoms with E-state index in [0.717, 1.165) is 19.6 Å². The van der Waals surface area contributed by atoms with Gasteiger partial charge in [0.05, 0.1) is 25.3 Å². The number of hydrogen-bond donors (Lipinski definition) is 1. The minimum absolute atomic E-state index is 0.0272. The first-order valence-electron chi connectivity index (χ1n) is 6.29. The summed E-state index contributed by atoms with van der Waals surface area (Å²) in [7, 11) is 1.62. The van der Waals surface area contributed by atoms with Crippen LogP contribution in [0.25, 0.3) is 0 Å². The van der Waals surface area contributed by atoms with Gasteiger partial charge >= 0.3 is 0 Å². The Labute approximate surface area is 113 Å². The molecule has 1 aliphatic heterocycles. The van der Waals surface area contributed by atoms with Crippen LogP contribution in [0.4, 0.5) is 0 Å². The van der Waals surface area contributed by atoms with Gasteiger partial charge in [0.25, 0.3) is 0 Å². The number of methoxy groups -OCH3 is 1. The lowest BCUT2D eigenvalue weighted by molar-refractivity contribution is -0.0898. The minimum atomic E-state index is 0.0272. The number of rotatable bonds is 5. The molecule has 100 valence electrons. The van der Waals surface area contributed by atoms with Gasteiger partial charge in [-0.3, -0.25) is 0 Å². The number of benzene rings is 1. The van der Waals surface area contributed by atoms with Crippen LogP contribution in [0.3, 0.4) is 0 Å². The van der Waals surface area contributed by atoms with Crippen LogP contribution in [0.2, 0.25) is 5.02 Å². The molecule has 1 aliphatic rings. The first-order valence-corrected chi connectivity index (χ1v) is 6.67. The Morgan fingerprint density at radius 2 is 2.22 bits per heavy atom. The summed E-state index contributed by atoms with van der Waals surface area (Å²) in [6.07, 6.45) is 1.05. The number of nitrogens with two attached hydrogens (primary N) is 1. The predicted molar refractivity (Wildman–Crippen MR) is 73.3 cm³/mol. The maximum Gasteiger partial charge on any atom is 0.137 e. The molecule has 1 unspecified atom stereocenters. The van der Waals surface area contributed by atoms with Gasteiger partial charge in [0, 0.05) is 5.41 Å². The molecule has 0 saturated carbocycles. The van der Waals surface area contributed by atoms with Crippen molar-refractivity contribution in [1.82, 2.24) is 0 Å². The quantitative estimate of drug-likeness (QED) is 0.894. The smallest absolute Gasteiger partial charge is 0.137 e. The lowest BCUT2D eigenvalue weighted by Crippen LogP contribution is -2.54. The van der Waals surface area contributed by atoms with Gasteiger partial charge in [0.2, 0.25) is 0 Å². The third-order valence-electron chi connectivity index (χ3n) is 4.00. The van der Waals surface area contributed by atoms with Crippen LogP contribution in [0.5, 0.6) is 5.75 Å². The van der Waals surface area contributed by atoms with Crippen molar-refractivity contribution in [1.29, 1.82) is 0 Å². The zero-order valence-corrected chi connectivity index (χ0v) is 11.7. The first-order chi connectivity index (χ1) is 8.67. The summed E-state index contributed by atoms with van der Waals surface area (Å²) in [5, 5.41) is 0.646. The summed E-state index contributed by atoms with van der Waals surface area (Å²) < 4.78 is 10.6. The van der Waals surface area contributed by atoms with Crippen LogP contribution >= 0.6 is 11.6 Å². The van der Waals surface area contributed by atoms with E-state index in [9.17, 15) is 0 Å². The van der Waals surface area contributed by atoms with Crippen LogP contribution in [0.1, 0.15) is 18.9 Å². The van der Waals surface area contributed by atoms with Gasteiger partial charge in [-0.25, -0.2) is 0 Å². The molecule has 0 aromatic heterocycles. The van der Waals surface area contributed by atoms with E-state index < -0.39 is 0 Å². The summed E-state index contributed by atoms with van der Waals surface area (Å²) in [5.74, 6) is 1.13. The molecule has 3 nitrogen and oxygen atoms in total. The van der Waals surface area contributed by atoms with Crippen LogP contribution in [0.15, 0.2) is 18.2 Å². The molecule has 1 saturated heterocycles. The minimum Gasteiger partial charge on any atom is -0.495 e. The van der Waals surface area contributed by atoms with Gasteiger partial charge in [0.1, 0.15) is 5.75 Å². The van der Waals surface area contributed by atoms with E-state index in [-0.39, 0.29) is 5.41 Å². The van der Waals surface area contributed by atoms with E-state index in [4.69, 9.17) is 26.8 Å². The highest BCUT2D eigenvalue weighted by molar-refractivity contribution is 6.32. The Hall–Kier alpha value is -0.770. The Morgan fingerprint density at radius 1 is 1.50 bits per heavy atom. The fourth-order valence-corrected chi connectivity index (χ4v) is 2.98. The van der Waals surface area contributed by atoms with E-state index in [1.807, 2.05) is 12.1 Å². The zero-order chi connectivity index (χ0) is 13.2. The molecule has 1 aromatic carbocycles. The van der Waals surface area contributed by atoms with Crippen LogP contribution in [-0.4, -0.2) is 26.9 Å². The highest BCUT2D eigenvalue weighted by atomic mass is 35.5. The average Bonchev–Trinajstić information content (AvgIpc) is 2.33. The van der Waals surface area contributed by atoms with Gasteiger partial charge in [-0.15, -0.1) is 0 Å². The largest absolute Gasteiger partial charge is 0.495 e. The second kappa shape index (κ2) is 5.47. The average molecular weight is 270 g/mol.